The Morgan fingerprint density at radius 3 is 2.86 bits per heavy atom. The molecule has 156 valence electrons. The third-order valence-corrected chi connectivity index (χ3v) is 6.36. The zero-order valence-electron chi connectivity index (χ0n) is 17.5. The number of nitrogens with zero attached hydrogens (tertiary/aromatic N) is 4. The molecule has 0 radical (unpaired) electrons. The molecular formula is C23H32N4O2. The number of rotatable bonds is 7. The van der Waals surface area contributed by atoms with Crippen LogP contribution in [-0.4, -0.2) is 58.3 Å². The van der Waals surface area contributed by atoms with Gasteiger partial charge in [-0.3, -0.25) is 14.4 Å². The van der Waals surface area contributed by atoms with E-state index in [1.54, 1.807) is 0 Å². The summed E-state index contributed by atoms with van der Waals surface area (Å²) in [4.78, 5) is 17.1. The molecular weight excluding hydrogens is 364 g/mol. The van der Waals surface area contributed by atoms with Gasteiger partial charge >= 0.3 is 0 Å². The molecule has 0 bridgehead atoms. The predicted octanol–water partition coefficient (Wildman–Crippen LogP) is 2.79. The fourth-order valence-electron chi connectivity index (χ4n) is 4.71. The minimum Gasteiger partial charge on any atom is -0.377 e. The van der Waals surface area contributed by atoms with Gasteiger partial charge in [0.05, 0.1) is 25.3 Å². The number of fused-ring (bicyclic) bond motifs is 1. The Balaban J connectivity index is 1.27. The maximum absolute atomic E-state index is 12.7. The minimum absolute atomic E-state index is 0.0655. The van der Waals surface area contributed by atoms with Crippen LogP contribution in [0.25, 0.3) is 0 Å². The first-order valence-electron chi connectivity index (χ1n) is 10.8. The molecule has 6 nitrogen and oxygen atoms in total. The van der Waals surface area contributed by atoms with Crippen molar-refractivity contribution < 1.29 is 9.53 Å². The van der Waals surface area contributed by atoms with Crippen molar-refractivity contribution in [2.75, 3.05) is 26.7 Å². The molecule has 2 aliphatic heterocycles. The van der Waals surface area contributed by atoms with Crippen LogP contribution < -0.4 is 0 Å². The predicted molar refractivity (Wildman–Crippen MR) is 112 cm³/mol. The third-order valence-electron chi connectivity index (χ3n) is 6.36. The lowest BCUT2D eigenvalue weighted by atomic mass is 9.83. The average Bonchev–Trinajstić information content (AvgIpc) is 3.35. The van der Waals surface area contributed by atoms with Gasteiger partial charge in [-0.15, -0.1) is 0 Å². The van der Waals surface area contributed by atoms with Crippen LogP contribution in [0, 0.1) is 11.8 Å². The second-order valence-electron chi connectivity index (χ2n) is 8.46. The van der Waals surface area contributed by atoms with Gasteiger partial charge in [0, 0.05) is 50.9 Å². The van der Waals surface area contributed by atoms with Crippen molar-refractivity contribution in [3.8, 4) is 0 Å². The van der Waals surface area contributed by atoms with Gasteiger partial charge in [0.1, 0.15) is 0 Å². The van der Waals surface area contributed by atoms with Crippen LogP contribution in [0.15, 0.2) is 42.7 Å². The third kappa shape index (κ3) is 4.87. The molecule has 4 rings (SSSR count). The SMILES string of the molecule is CCn1cc(CN2CC[C@@H]3[C@@H](CO[C@H]3CC(=O)N(C)Cc3ccccc3)C2)cn1. The van der Waals surface area contributed by atoms with Crippen LogP contribution in [0.5, 0.6) is 0 Å². The number of benzene rings is 1. The van der Waals surface area contributed by atoms with Crippen LogP contribution in [-0.2, 0) is 29.2 Å². The van der Waals surface area contributed by atoms with Gasteiger partial charge in [-0.05, 0) is 31.4 Å². The van der Waals surface area contributed by atoms with Gasteiger partial charge in [-0.25, -0.2) is 0 Å². The molecule has 0 spiro atoms. The highest BCUT2D eigenvalue weighted by Gasteiger charge is 2.41. The summed E-state index contributed by atoms with van der Waals surface area (Å²) in [6.07, 6.45) is 5.78. The monoisotopic (exact) mass is 396 g/mol. The zero-order valence-corrected chi connectivity index (χ0v) is 17.5. The Labute approximate surface area is 173 Å². The largest absolute Gasteiger partial charge is 0.377 e. The number of aromatic nitrogens is 2. The zero-order chi connectivity index (χ0) is 20.2. The lowest BCUT2D eigenvalue weighted by molar-refractivity contribution is -0.133. The van der Waals surface area contributed by atoms with Gasteiger partial charge in [0.15, 0.2) is 0 Å². The highest BCUT2D eigenvalue weighted by atomic mass is 16.5. The number of aryl methyl sites for hydroxylation is 1. The summed E-state index contributed by atoms with van der Waals surface area (Å²) in [5.74, 6) is 1.20. The topological polar surface area (TPSA) is 50.6 Å². The van der Waals surface area contributed by atoms with Crippen molar-refractivity contribution in [3.63, 3.8) is 0 Å². The van der Waals surface area contributed by atoms with E-state index in [9.17, 15) is 4.79 Å². The van der Waals surface area contributed by atoms with Gasteiger partial charge in [0.25, 0.3) is 0 Å². The Morgan fingerprint density at radius 1 is 1.28 bits per heavy atom. The molecule has 1 aromatic heterocycles. The molecule has 3 heterocycles. The van der Waals surface area contributed by atoms with E-state index in [1.165, 1.54) is 5.56 Å². The van der Waals surface area contributed by atoms with Crippen molar-refractivity contribution in [3.05, 3.63) is 53.9 Å². The molecule has 1 amide bonds. The lowest BCUT2D eigenvalue weighted by Crippen LogP contribution is -2.42. The summed E-state index contributed by atoms with van der Waals surface area (Å²) in [5, 5.41) is 4.38. The summed E-state index contributed by atoms with van der Waals surface area (Å²) in [6, 6.07) is 10.1. The molecule has 0 saturated carbocycles. The Hall–Kier alpha value is -2.18. The van der Waals surface area contributed by atoms with Crippen molar-refractivity contribution >= 4 is 5.91 Å². The Bertz CT molecular complexity index is 806. The number of ether oxygens (including phenoxy) is 1. The first-order chi connectivity index (χ1) is 14.1. The molecule has 3 atom stereocenters. The van der Waals surface area contributed by atoms with E-state index in [1.807, 2.05) is 41.0 Å². The van der Waals surface area contributed by atoms with Gasteiger partial charge < -0.3 is 9.64 Å². The van der Waals surface area contributed by atoms with Gasteiger partial charge in [-0.2, -0.15) is 5.10 Å². The van der Waals surface area contributed by atoms with E-state index in [0.29, 0.717) is 24.8 Å². The van der Waals surface area contributed by atoms with E-state index in [-0.39, 0.29) is 12.0 Å². The normalized spacial score (nSPS) is 24.4. The molecule has 0 N–H and O–H groups in total. The number of piperidine rings is 1. The molecule has 2 aromatic rings. The summed E-state index contributed by atoms with van der Waals surface area (Å²) in [6.45, 7) is 7.50. The van der Waals surface area contributed by atoms with E-state index in [4.69, 9.17) is 4.74 Å². The fourth-order valence-corrected chi connectivity index (χ4v) is 4.71. The summed E-state index contributed by atoms with van der Waals surface area (Å²) in [7, 11) is 1.89. The van der Waals surface area contributed by atoms with Crippen LogP contribution in [0.3, 0.4) is 0 Å². The second-order valence-corrected chi connectivity index (χ2v) is 8.46. The molecule has 2 saturated heterocycles. The minimum atomic E-state index is 0.0655. The standard InChI is InChI=1S/C23H32N4O2/c1-3-27-15-19(12-24-27)14-26-10-9-21-20(16-26)17-29-22(21)11-23(28)25(2)13-18-7-5-4-6-8-18/h4-8,12,15,20-22H,3,9-11,13-14,16-17H2,1-2H3/t20-,21-,22+/m1/s1. The molecule has 0 unspecified atom stereocenters. The van der Waals surface area contributed by atoms with Gasteiger partial charge in [-0.1, -0.05) is 30.3 Å². The number of amides is 1. The number of likely N-dealkylation sites (tertiary alicyclic amines) is 1. The van der Waals surface area contributed by atoms with Gasteiger partial charge in [0.2, 0.25) is 5.91 Å². The molecule has 6 heteroatoms. The van der Waals surface area contributed by atoms with Crippen molar-refractivity contribution in [2.45, 2.75) is 45.5 Å². The maximum atomic E-state index is 12.7. The van der Waals surface area contributed by atoms with Crippen LogP contribution >= 0.6 is 0 Å². The molecule has 2 fully saturated rings. The molecule has 1 aromatic carbocycles. The summed E-state index contributed by atoms with van der Waals surface area (Å²) in [5.41, 5.74) is 2.44. The highest BCUT2D eigenvalue weighted by molar-refractivity contribution is 5.76. The Morgan fingerprint density at radius 2 is 2.10 bits per heavy atom. The van der Waals surface area contributed by atoms with E-state index >= 15 is 0 Å². The Kier molecular flexibility index (Phi) is 6.31. The number of carbonyl (C=O) groups excluding carboxylic acids is 1. The van der Waals surface area contributed by atoms with E-state index in [2.05, 4.69) is 35.3 Å². The fraction of sp³-hybridized carbons (Fsp3) is 0.565. The number of hydrogen-bond acceptors (Lipinski definition) is 4. The second kappa shape index (κ2) is 9.09. The van der Waals surface area contributed by atoms with Crippen LogP contribution in [0.1, 0.15) is 30.9 Å². The summed E-state index contributed by atoms with van der Waals surface area (Å²) < 4.78 is 8.08. The van der Waals surface area contributed by atoms with E-state index < -0.39 is 0 Å². The average molecular weight is 397 g/mol. The van der Waals surface area contributed by atoms with Crippen molar-refractivity contribution in [1.29, 1.82) is 0 Å². The number of hydrogen-bond donors (Lipinski definition) is 0. The van der Waals surface area contributed by atoms with E-state index in [0.717, 1.165) is 44.8 Å². The number of carbonyl (C=O) groups is 1. The van der Waals surface area contributed by atoms with Crippen molar-refractivity contribution in [2.24, 2.45) is 11.8 Å². The summed E-state index contributed by atoms with van der Waals surface area (Å²) >= 11 is 0. The molecule has 29 heavy (non-hydrogen) atoms. The first kappa shape index (κ1) is 20.1. The molecule has 2 aliphatic rings. The first-order valence-corrected chi connectivity index (χ1v) is 10.8. The lowest BCUT2D eigenvalue weighted by Gasteiger charge is -2.35. The quantitative estimate of drug-likeness (QED) is 0.722. The highest BCUT2D eigenvalue weighted by Crippen LogP contribution is 2.36. The maximum Gasteiger partial charge on any atom is 0.225 e. The van der Waals surface area contributed by atoms with Crippen LogP contribution in [0.2, 0.25) is 0 Å². The van der Waals surface area contributed by atoms with Crippen molar-refractivity contribution in [1.82, 2.24) is 19.6 Å². The van der Waals surface area contributed by atoms with Crippen LogP contribution in [0.4, 0.5) is 0 Å². The smallest absolute Gasteiger partial charge is 0.225 e. The molecule has 0 aliphatic carbocycles.